The van der Waals surface area contributed by atoms with Crippen LogP contribution >= 0.6 is 11.3 Å². The maximum atomic E-state index is 10.8. The molecule has 0 bridgehead atoms. The fourth-order valence-electron chi connectivity index (χ4n) is 2.67. The lowest BCUT2D eigenvalue weighted by Gasteiger charge is -2.09. The third kappa shape index (κ3) is 5.70. The van der Waals surface area contributed by atoms with E-state index in [-0.39, 0.29) is 12.2 Å². The summed E-state index contributed by atoms with van der Waals surface area (Å²) < 4.78 is 5.60. The normalized spacial score (nSPS) is 10.1. The quantitative estimate of drug-likeness (QED) is 0.265. The minimum atomic E-state index is -1.06. The molecule has 12 heteroatoms. The highest BCUT2D eigenvalue weighted by Crippen LogP contribution is 2.34. The van der Waals surface area contributed by atoms with Gasteiger partial charge in [0.25, 0.3) is 6.47 Å². The predicted octanol–water partition coefficient (Wildman–Crippen LogP) is 2.82. The molecule has 0 saturated heterocycles. The van der Waals surface area contributed by atoms with Gasteiger partial charge in [0, 0.05) is 29.9 Å². The highest BCUT2D eigenvalue weighted by atomic mass is 32.1. The number of pyridine rings is 1. The monoisotopic (exact) mass is 454 g/mol. The molecule has 4 aromatic heterocycles. The van der Waals surface area contributed by atoms with Crippen LogP contribution in [0.25, 0.3) is 21.6 Å². The Kier molecular flexibility index (Phi) is 7.92. The Hall–Kier alpha value is -4.19. The molecule has 0 unspecified atom stereocenters. The lowest BCUT2D eigenvalue weighted by Crippen LogP contribution is -2.09. The van der Waals surface area contributed by atoms with Crippen LogP contribution in [-0.2, 0) is 4.79 Å². The fraction of sp³-hybridized carbons (Fsp3) is 0.150. The van der Waals surface area contributed by atoms with Crippen LogP contribution in [0.1, 0.15) is 16.9 Å². The van der Waals surface area contributed by atoms with Crippen molar-refractivity contribution in [1.29, 1.82) is 0 Å². The molecule has 0 amide bonds. The van der Waals surface area contributed by atoms with Gasteiger partial charge < -0.3 is 20.3 Å². The largest absolute Gasteiger partial charge is 0.492 e. The first-order valence-electron chi connectivity index (χ1n) is 9.27. The Morgan fingerprint density at radius 2 is 1.94 bits per heavy atom. The average molecular weight is 454 g/mol. The number of ether oxygens (including phenoxy) is 1. The summed E-state index contributed by atoms with van der Waals surface area (Å²) in [5.41, 5.74) is 0.885. The van der Waals surface area contributed by atoms with Crippen molar-refractivity contribution in [2.45, 2.75) is 6.42 Å². The Bertz CT molecular complexity index is 1170. The number of carbonyl (C=O) groups is 2. The molecular weight excluding hydrogens is 436 g/mol. The van der Waals surface area contributed by atoms with Gasteiger partial charge in [0.2, 0.25) is 0 Å². The van der Waals surface area contributed by atoms with Crippen molar-refractivity contribution in [2.24, 2.45) is 0 Å². The molecule has 4 heterocycles. The van der Waals surface area contributed by atoms with Gasteiger partial charge in [-0.25, -0.2) is 29.7 Å². The highest BCUT2D eigenvalue weighted by molar-refractivity contribution is 7.17. The number of fused-ring (bicyclic) bond motifs is 1. The summed E-state index contributed by atoms with van der Waals surface area (Å²) in [6.45, 7) is 0.839. The minimum absolute atomic E-state index is 0.0132. The molecule has 164 valence electrons. The number of anilines is 1. The molecule has 0 saturated carbocycles. The van der Waals surface area contributed by atoms with Crippen LogP contribution < -0.4 is 10.1 Å². The van der Waals surface area contributed by atoms with Crippen LogP contribution in [0.3, 0.4) is 0 Å². The van der Waals surface area contributed by atoms with Crippen molar-refractivity contribution in [2.75, 3.05) is 18.5 Å². The molecule has 0 spiro atoms. The number of nitrogens with zero attached hydrogens (tertiary/aromatic N) is 5. The first kappa shape index (κ1) is 22.5. The molecule has 4 rings (SSSR count). The van der Waals surface area contributed by atoms with Crippen molar-refractivity contribution in [1.82, 2.24) is 24.9 Å². The first-order valence-corrected chi connectivity index (χ1v) is 10.2. The number of carboxylic acids is 1. The molecule has 0 radical (unpaired) electrons. The molecule has 0 aliphatic carbocycles. The second kappa shape index (κ2) is 11.3. The zero-order valence-corrected chi connectivity index (χ0v) is 17.4. The van der Waals surface area contributed by atoms with Crippen molar-refractivity contribution in [3.8, 4) is 17.1 Å². The number of aromatic nitrogens is 5. The topological polar surface area (TPSA) is 160 Å². The van der Waals surface area contributed by atoms with E-state index in [2.05, 4.69) is 30.2 Å². The molecule has 0 atom stereocenters. The Balaban J connectivity index is 0.000000913. The van der Waals surface area contributed by atoms with E-state index in [1.807, 2.05) is 5.38 Å². The summed E-state index contributed by atoms with van der Waals surface area (Å²) in [5, 5.41) is 21.9. The van der Waals surface area contributed by atoms with E-state index in [4.69, 9.17) is 19.7 Å². The van der Waals surface area contributed by atoms with E-state index in [0.717, 1.165) is 21.6 Å². The summed E-state index contributed by atoms with van der Waals surface area (Å²) in [7, 11) is 0. The van der Waals surface area contributed by atoms with Crippen molar-refractivity contribution < 1.29 is 24.5 Å². The minimum Gasteiger partial charge on any atom is -0.492 e. The summed E-state index contributed by atoms with van der Waals surface area (Å²) in [6.07, 6.45) is 7.06. The van der Waals surface area contributed by atoms with E-state index in [1.54, 1.807) is 24.5 Å². The number of hydrogen-bond acceptors (Lipinski definition) is 10. The lowest BCUT2D eigenvalue weighted by atomic mass is 10.2. The Labute approximate surface area is 185 Å². The molecule has 0 aliphatic rings. The number of hydrogen-bond donors (Lipinski definition) is 3. The van der Waals surface area contributed by atoms with Crippen molar-refractivity contribution >= 4 is 39.8 Å². The van der Waals surface area contributed by atoms with Gasteiger partial charge in [-0.3, -0.25) is 4.79 Å². The molecule has 32 heavy (non-hydrogen) atoms. The summed E-state index contributed by atoms with van der Waals surface area (Å²) in [4.78, 5) is 41.2. The first-order chi connectivity index (χ1) is 15.6. The van der Waals surface area contributed by atoms with E-state index in [9.17, 15) is 4.79 Å². The molecule has 0 aliphatic heterocycles. The van der Waals surface area contributed by atoms with Crippen LogP contribution in [0.5, 0.6) is 5.75 Å². The highest BCUT2D eigenvalue weighted by Gasteiger charge is 2.14. The molecule has 4 aromatic rings. The Morgan fingerprint density at radius 1 is 1.16 bits per heavy atom. The standard InChI is InChI=1S/C19H16N6O3S.CH2O2/c26-19(27)14-4-3-12(9-23-14)28-8-2-7-22-17-15-13(16-20-5-1-6-21-16)10-29-18(15)25-11-24-17;2-1-3/h1,3-6,9-11H,2,7-8H2,(H,26,27)(H,22,24,25);1H,(H,2,3). The van der Waals surface area contributed by atoms with Crippen LogP contribution in [0.15, 0.2) is 48.5 Å². The van der Waals surface area contributed by atoms with E-state index >= 15 is 0 Å². The van der Waals surface area contributed by atoms with Gasteiger partial charge in [-0.2, -0.15) is 0 Å². The maximum absolute atomic E-state index is 10.8. The van der Waals surface area contributed by atoms with Gasteiger partial charge in [0.05, 0.1) is 18.2 Å². The Morgan fingerprint density at radius 3 is 2.62 bits per heavy atom. The van der Waals surface area contributed by atoms with Crippen LogP contribution in [-0.4, -0.2) is 60.7 Å². The lowest BCUT2D eigenvalue weighted by molar-refractivity contribution is -0.122. The van der Waals surface area contributed by atoms with E-state index < -0.39 is 5.97 Å². The number of nitrogens with one attached hydrogen (secondary N) is 1. The van der Waals surface area contributed by atoms with Gasteiger partial charge in [0.1, 0.15) is 28.4 Å². The molecule has 0 fully saturated rings. The predicted molar refractivity (Wildman–Crippen MR) is 117 cm³/mol. The van der Waals surface area contributed by atoms with E-state index in [1.165, 1.54) is 29.9 Å². The second-order valence-corrected chi connectivity index (χ2v) is 6.90. The van der Waals surface area contributed by atoms with Crippen LogP contribution in [0.2, 0.25) is 0 Å². The smallest absolute Gasteiger partial charge is 0.354 e. The van der Waals surface area contributed by atoms with Gasteiger partial charge >= 0.3 is 5.97 Å². The van der Waals surface area contributed by atoms with Crippen molar-refractivity contribution in [3.63, 3.8) is 0 Å². The summed E-state index contributed by atoms with van der Waals surface area (Å²) in [5.74, 6) is 0.829. The summed E-state index contributed by atoms with van der Waals surface area (Å²) in [6, 6.07) is 4.78. The molecule has 3 N–H and O–H groups in total. The van der Waals surface area contributed by atoms with Gasteiger partial charge in [-0.05, 0) is 24.6 Å². The van der Waals surface area contributed by atoms with Crippen LogP contribution in [0, 0.1) is 0 Å². The van der Waals surface area contributed by atoms with Crippen LogP contribution in [0.4, 0.5) is 5.82 Å². The van der Waals surface area contributed by atoms with Gasteiger partial charge in [-0.1, -0.05) is 0 Å². The van der Waals surface area contributed by atoms with Gasteiger partial charge in [-0.15, -0.1) is 11.3 Å². The van der Waals surface area contributed by atoms with E-state index in [0.29, 0.717) is 31.1 Å². The third-order valence-corrected chi connectivity index (χ3v) is 4.90. The molecule has 0 aromatic carbocycles. The average Bonchev–Trinajstić information content (AvgIpc) is 3.25. The number of thiophene rings is 1. The molecular formula is C20H18N6O5S. The van der Waals surface area contributed by atoms with Crippen molar-refractivity contribution in [3.05, 3.63) is 54.2 Å². The fourth-order valence-corrected chi connectivity index (χ4v) is 3.56. The SMILES string of the molecule is O=C(O)c1ccc(OCCCNc2ncnc3scc(-c4ncccn4)c23)cn1.O=CO. The summed E-state index contributed by atoms with van der Waals surface area (Å²) >= 11 is 1.52. The zero-order chi connectivity index (χ0) is 22.8. The maximum Gasteiger partial charge on any atom is 0.354 e. The van der Waals surface area contributed by atoms with Gasteiger partial charge in [0.15, 0.2) is 5.82 Å². The third-order valence-electron chi connectivity index (χ3n) is 4.01. The second-order valence-electron chi connectivity index (χ2n) is 6.04. The number of carboxylic acid groups (broad SMARTS) is 2. The number of rotatable bonds is 8. The zero-order valence-electron chi connectivity index (χ0n) is 16.6. The molecule has 11 nitrogen and oxygen atoms in total. The number of aromatic carboxylic acids is 1.